The molecule has 0 radical (unpaired) electrons. The number of nitrogens with two attached hydrogens (primary N) is 1. The van der Waals surface area contributed by atoms with Crippen molar-refractivity contribution in [3.63, 3.8) is 0 Å². The van der Waals surface area contributed by atoms with Crippen LogP contribution in [-0.2, 0) is 13.8 Å². The van der Waals surface area contributed by atoms with Crippen molar-refractivity contribution in [1.82, 2.24) is 19.5 Å². The van der Waals surface area contributed by atoms with E-state index in [4.69, 9.17) is 20.3 Å². The van der Waals surface area contributed by atoms with Crippen molar-refractivity contribution in [2.24, 2.45) is 0 Å². The van der Waals surface area contributed by atoms with Gasteiger partial charge in [-0.05, 0) is 0 Å². The molecule has 11 nitrogen and oxygen atoms in total. The van der Waals surface area contributed by atoms with E-state index in [1.54, 1.807) is 4.57 Å². The summed E-state index contributed by atoms with van der Waals surface area (Å²) < 4.78 is 22.8. The van der Waals surface area contributed by atoms with Crippen LogP contribution in [0.2, 0.25) is 0 Å². The predicted molar refractivity (Wildman–Crippen MR) is 72.3 cm³/mol. The fraction of sp³-hybridized carbons (Fsp3) is 0.500. The SMILES string of the molecule is Nc1ncnc2c1ncn2[C@H]1CC(OP(=O)(O)O)[C@@H](CO)O1. The zero-order valence-corrected chi connectivity index (χ0v) is 12.1. The van der Waals surface area contributed by atoms with Gasteiger partial charge in [0.15, 0.2) is 11.5 Å². The molecule has 2 aromatic rings. The normalized spacial score (nSPS) is 25.9. The van der Waals surface area contributed by atoms with Gasteiger partial charge in [-0.15, -0.1) is 0 Å². The molecule has 0 spiro atoms. The summed E-state index contributed by atoms with van der Waals surface area (Å²) in [5.74, 6) is 0.212. The number of anilines is 1. The van der Waals surface area contributed by atoms with Crippen LogP contribution < -0.4 is 5.73 Å². The number of aromatic nitrogens is 4. The fourth-order valence-electron chi connectivity index (χ4n) is 2.40. The van der Waals surface area contributed by atoms with E-state index < -0.39 is 32.9 Å². The summed E-state index contributed by atoms with van der Waals surface area (Å²) in [4.78, 5) is 29.8. The second-order valence-electron chi connectivity index (χ2n) is 4.76. The highest BCUT2D eigenvalue weighted by Gasteiger charge is 2.40. The van der Waals surface area contributed by atoms with Crippen LogP contribution in [0.5, 0.6) is 0 Å². The number of rotatable bonds is 4. The monoisotopic (exact) mass is 331 g/mol. The summed E-state index contributed by atoms with van der Waals surface area (Å²) in [7, 11) is -4.69. The van der Waals surface area contributed by atoms with E-state index in [2.05, 4.69) is 19.5 Å². The Labute approximate surface area is 124 Å². The average Bonchev–Trinajstić information content (AvgIpc) is 3.01. The van der Waals surface area contributed by atoms with E-state index in [-0.39, 0.29) is 12.2 Å². The number of phosphoric acid groups is 1. The molecule has 1 saturated heterocycles. The lowest BCUT2D eigenvalue weighted by Gasteiger charge is -2.16. The lowest BCUT2D eigenvalue weighted by Crippen LogP contribution is -2.26. The molecule has 1 fully saturated rings. The summed E-state index contributed by atoms with van der Waals surface area (Å²) >= 11 is 0. The van der Waals surface area contributed by atoms with Crippen LogP contribution >= 0.6 is 7.82 Å². The number of nitrogen functional groups attached to an aromatic ring is 1. The summed E-state index contributed by atoms with van der Waals surface area (Å²) in [5.41, 5.74) is 6.51. The van der Waals surface area contributed by atoms with Crippen molar-refractivity contribution in [2.45, 2.75) is 24.9 Å². The van der Waals surface area contributed by atoms with E-state index in [0.29, 0.717) is 11.2 Å². The maximum atomic E-state index is 11.0. The maximum Gasteiger partial charge on any atom is 0.469 e. The molecule has 0 aliphatic carbocycles. The van der Waals surface area contributed by atoms with Crippen LogP contribution in [-0.4, -0.2) is 53.2 Å². The number of imidazole rings is 1. The first kappa shape index (κ1) is 15.3. The Balaban J connectivity index is 1.89. The van der Waals surface area contributed by atoms with Gasteiger partial charge in [0.25, 0.3) is 0 Å². The van der Waals surface area contributed by atoms with Gasteiger partial charge in [-0.1, -0.05) is 0 Å². The lowest BCUT2D eigenvalue weighted by atomic mass is 10.2. The minimum atomic E-state index is -4.69. The first-order valence-corrected chi connectivity index (χ1v) is 7.85. The van der Waals surface area contributed by atoms with E-state index in [0.717, 1.165) is 0 Å². The molecule has 3 rings (SSSR count). The molecule has 1 unspecified atom stereocenters. The highest BCUT2D eigenvalue weighted by molar-refractivity contribution is 7.46. The second kappa shape index (κ2) is 5.54. The zero-order chi connectivity index (χ0) is 15.9. The summed E-state index contributed by atoms with van der Waals surface area (Å²) in [6.45, 7) is -0.440. The molecule has 0 aromatic carbocycles. The van der Waals surface area contributed by atoms with Gasteiger partial charge < -0.3 is 25.4 Å². The molecule has 0 amide bonds. The largest absolute Gasteiger partial charge is 0.469 e. The molecular weight excluding hydrogens is 317 g/mol. The van der Waals surface area contributed by atoms with Gasteiger partial charge in [0.1, 0.15) is 30.3 Å². The van der Waals surface area contributed by atoms with Crippen molar-refractivity contribution in [2.75, 3.05) is 12.3 Å². The molecule has 1 aliphatic heterocycles. The van der Waals surface area contributed by atoms with Gasteiger partial charge in [0.2, 0.25) is 0 Å². The Morgan fingerprint density at radius 3 is 2.91 bits per heavy atom. The Bertz CT molecular complexity index is 732. The molecule has 0 saturated carbocycles. The molecule has 120 valence electrons. The molecule has 22 heavy (non-hydrogen) atoms. The van der Waals surface area contributed by atoms with Gasteiger partial charge >= 0.3 is 7.82 Å². The van der Waals surface area contributed by atoms with Gasteiger partial charge in [-0.2, -0.15) is 0 Å². The Morgan fingerprint density at radius 1 is 1.45 bits per heavy atom. The van der Waals surface area contributed by atoms with Gasteiger partial charge in [-0.25, -0.2) is 19.5 Å². The van der Waals surface area contributed by atoms with Crippen molar-refractivity contribution in [3.05, 3.63) is 12.7 Å². The molecule has 2 aromatic heterocycles. The number of ether oxygens (including phenoxy) is 1. The molecule has 3 atom stereocenters. The molecular formula is C10H14N5O6P. The molecule has 12 heteroatoms. The number of hydrogen-bond donors (Lipinski definition) is 4. The van der Waals surface area contributed by atoms with E-state index in [9.17, 15) is 9.67 Å². The van der Waals surface area contributed by atoms with Crippen LogP contribution in [0.25, 0.3) is 11.2 Å². The van der Waals surface area contributed by atoms with E-state index in [1.807, 2.05) is 0 Å². The molecule has 1 aliphatic rings. The third kappa shape index (κ3) is 2.82. The van der Waals surface area contributed by atoms with Crippen LogP contribution in [0.4, 0.5) is 5.82 Å². The highest BCUT2D eigenvalue weighted by Crippen LogP contribution is 2.43. The fourth-order valence-corrected chi connectivity index (χ4v) is 2.98. The third-order valence-electron chi connectivity index (χ3n) is 3.33. The number of hydrogen-bond acceptors (Lipinski definition) is 8. The Kier molecular flexibility index (Phi) is 3.85. The van der Waals surface area contributed by atoms with Crippen LogP contribution in [0.15, 0.2) is 12.7 Å². The van der Waals surface area contributed by atoms with Crippen molar-refractivity contribution in [1.29, 1.82) is 0 Å². The predicted octanol–water partition coefficient (Wildman–Crippen LogP) is -0.834. The first-order valence-electron chi connectivity index (χ1n) is 6.32. The highest BCUT2D eigenvalue weighted by atomic mass is 31.2. The van der Waals surface area contributed by atoms with Crippen molar-refractivity contribution >= 4 is 24.8 Å². The molecule has 3 heterocycles. The minimum absolute atomic E-state index is 0.117. The van der Waals surface area contributed by atoms with Gasteiger partial charge in [0.05, 0.1) is 12.9 Å². The summed E-state index contributed by atoms with van der Waals surface area (Å²) in [6.07, 6.45) is 0.368. The van der Waals surface area contributed by atoms with Crippen LogP contribution in [0.1, 0.15) is 12.6 Å². The Hall–Kier alpha value is -1.62. The minimum Gasteiger partial charge on any atom is -0.394 e. The standard InChI is InChI=1S/C10H14N5O6P/c11-9-8-10(13-3-12-9)15(4-14-8)7-1-5(6(2-16)20-7)21-22(17,18)19/h3-7,16H,1-2H2,(H2,11,12,13)(H2,17,18,19)/t5?,6-,7-/m1/s1. The average molecular weight is 331 g/mol. The molecule has 5 N–H and O–H groups in total. The topological polar surface area (TPSA) is 166 Å². The quantitative estimate of drug-likeness (QED) is 0.519. The third-order valence-corrected chi connectivity index (χ3v) is 3.88. The number of aliphatic hydroxyl groups excluding tert-OH is 1. The summed E-state index contributed by atoms with van der Waals surface area (Å²) in [5, 5.41) is 9.28. The van der Waals surface area contributed by atoms with E-state index >= 15 is 0 Å². The maximum absolute atomic E-state index is 11.0. The van der Waals surface area contributed by atoms with E-state index in [1.165, 1.54) is 12.7 Å². The number of aliphatic hydroxyl groups is 1. The Morgan fingerprint density at radius 2 is 2.23 bits per heavy atom. The van der Waals surface area contributed by atoms with Gasteiger partial charge in [-0.3, -0.25) is 9.09 Å². The first-order chi connectivity index (χ1) is 10.4. The smallest absolute Gasteiger partial charge is 0.394 e. The number of fused-ring (bicyclic) bond motifs is 1. The number of nitrogens with zero attached hydrogens (tertiary/aromatic N) is 4. The molecule has 0 bridgehead atoms. The zero-order valence-electron chi connectivity index (χ0n) is 11.2. The van der Waals surface area contributed by atoms with Crippen LogP contribution in [0, 0.1) is 0 Å². The second-order valence-corrected chi connectivity index (χ2v) is 5.96. The van der Waals surface area contributed by atoms with Crippen LogP contribution in [0.3, 0.4) is 0 Å². The van der Waals surface area contributed by atoms with Gasteiger partial charge in [0, 0.05) is 6.42 Å². The summed E-state index contributed by atoms with van der Waals surface area (Å²) in [6, 6.07) is 0. The van der Waals surface area contributed by atoms with Crippen molar-refractivity contribution in [3.8, 4) is 0 Å². The number of phosphoric ester groups is 1. The lowest BCUT2D eigenvalue weighted by molar-refractivity contribution is -0.0425. The van der Waals surface area contributed by atoms with Crippen molar-refractivity contribution < 1.29 is 28.7 Å².